The van der Waals surface area contributed by atoms with Gasteiger partial charge in [-0.3, -0.25) is 4.79 Å². The van der Waals surface area contributed by atoms with Crippen LogP contribution in [0, 0.1) is 5.92 Å². The van der Waals surface area contributed by atoms with Gasteiger partial charge < -0.3 is 14.8 Å². The third-order valence-corrected chi connectivity index (χ3v) is 8.84. The molecule has 0 saturated heterocycles. The Kier molecular flexibility index (Phi) is 6.28. The number of nitrogens with zero attached hydrogens (tertiary/aromatic N) is 3. The number of hydrogen-bond acceptors (Lipinski definition) is 6. The number of carbonyl (C=O) groups is 1. The Morgan fingerprint density at radius 2 is 2.09 bits per heavy atom. The first-order valence-corrected chi connectivity index (χ1v) is 16.4. The molecule has 0 aliphatic heterocycles. The van der Waals surface area contributed by atoms with Gasteiger partial charge in [0.05, 0.1) is 15.9 Å². The molecule has 0 unspecified atom stereocenters. The summed E-state index contributed by atoms with van der Waals surface area (Å²) in [5, 5.41) is 7.82. The van der Waals surface area contributed by atoms with Crippen molar-refractivity contribution in [2.24, 2.45) is 5.92 Å². The number of carbonyl (C=O) groups excluding carboxylic acids is 1. The Hall–Kier alpha value is -2.23. The van der Waals surface area contributed by atoms with Gasteiger partial charge in [0.2, 0.25) is 5.91 Å². The van der Waals surface area contributed by atoms with Crippen molar-refractivity contribution < 1.29 is 14.3 Å². The fourth-order valence-electron chi connectivity index (χ4n) is 3.98. The van der Waals surface area contributed by atoms with E-state index >= 15 is 0 Å². The van der Waals surface area contributed by atoms with Crippen molar-refractivity contribution in [3.05, 3.63) is 35.5 Å². The van der Waals surface area contributed by atoms with E-state index < -0.39 is 8.07 Å². The highest BCUT2D eigenvalue weighted by atomic mass is 32.1. The van der Waals surface area contributed by atoms with Crippen LogP contribution in [-0.4, -0.2) is 41.5 Å². The van der Waals surface area contributed by atoms with Crippen LogP contribution in [0.3, 0.4) is 0 Å². The van der Waals surface area contributed by atoms with Crippen molar-refractivity contribution in [2.75, 3.05) is 11.9 Å². The largest absolute Gasteiger partial charge is 0.488 e. The first-order chi connectivity index (χ1) is 15.9. The average Bonchev–Trinajstić information content (AvgIpc) is 3.33. The summed E-state index contributed by atoms with van der Waals surface area (Å²) in [5.74, 6) is 2.06. The first kappa shape index (κ1) is 22.6. The van der Waals surface area contributed by atoms with Gasteiger partial charge in [-0.25, -0.2) is 9.67 Å². The van der Waals surface area contributed by atoms with Crippen LogP contribution in [0.1, 0.15) is 37.3 Å². The maximum Gasteiger partial charge on any atom is 0.228 e. The number of para-hydroxylation sites is 1. The number of fused-ring (bicyclic) bond motifs is 1. The summed E-state index contributed by atoms with van der Waals surface area (Å²) in [5.41, 5.74) is 3.80. The summed E-state index contributed by atoms with van der Waals surface area (Å²) >= 11 is 1.61. The zero-order valence-electron chi connectivity index (χ0n) is 19.5. The molecule has 2 aromatic heterocycles. The number of anilines is 1. The summed E-state index contributed by atoms with van der Waals surface area (Å²) in [6, 6.07) is 9.12. The van der Waals surface area contributed by atoms with E-state index in [0.717, 1.165) is 40.1 Å². The molecule has 0 atom stereocenters. The maximum absolute atomic E-state index is 12.9. The summed E-state index contributed by atoms with van der Waals surface area (Å²) in [7, 11) is -1.14. The molecule has 0 bridgehead atoms. The lowest BCUT2D eigenvalue weighted by atomic mass is 9.81. The highest BCUT2D eigenvalue weighted by molar-refractivity contribution is 7.16. The van der Waals surface area contributed by atoms with Crippen molar-refractivity contribution in [3.8, 4) is 5.75 Å². The monoisotopic (exact) mass is 484 g/mol. The van der Waals surface area contributed by atoms with Gasteiger partial charge in [-0.2, -0.15) is 5.10 Å². The standard InChI is InChI=1S/C24H32N4O3SSi/c1-33(2,3)10-9-30-15-28-22(13-19(27-28)16-7-8-16)26-24(29)17-11-18(12-17)31-20-5-4-6-21-23(20)25-14-32-21/h4-6,13-14,16-18H,7-12,15H2,1-3H3,(H,26,29). The van der Waals surface area contributed by atoms with Gasteiger partial charge in [0.1, 0.15) is 29.9 Å². The molecule has 2 aliphatic rings. The lowest BCUT2D eigenvalue weighted by molar-refractivity contribution is -0.125. The minimum absolute atomic E-state index is 0.0345. The molecule has 9 heteroatoms. The van der Waals surface area contributed by atoms with Gasteiger partial charge in [0.25, 0.3) is 0 Å². The molecule has 2 aliphatic carbocycles. The Bertz CT molecular complexity index is 1130. The highest BCUT2D eigenvalue weighted by Gasteiger charge is 2.37. The minimum Gasteiger partial charge on any atom is -0.488 e. The quantitative estimate of drug-likeness (QED) is 0.305. The second kappa shape index (κ2) is 9.19. The van der Waals surface area contributed by atoms with Crippen molar-refractivity contribution in [2.45, 2.75) is 70.1 Å². The Balaban J connectivity index is 1.16. The van der Waals surface area contributed by atoms with E-state index in [1.54, 1.807) is 11.3 Å². The molecule has 2 saturated carbocycles. The summed E-state index contributed by atoms with van der Waals surface area (Å²) in [6.07, 6.45) is 3.82. The SMILES string of the molecule is C[Si](C)(C)CCOCn1nc(C2CC2)cc1NC(=O)C1CC(Oc2cccc3scnc23)C1. The van der Waals surface area contributed by atoms with Crippen LogP contribution in [0.2, 0.25) is 25.7 Å². The summed E-state index contributed by atoms with van der Waals surface area (Å²) < 4.78 is 15.0. The average molecular weight is 485 g/mol. The molecule has 1 amide bonds. The van der Waals surface area contributed by atoms with Gasteiger partial charge in [-0.15, -0.1) is 11.3 Å². The fourth-order valence-corrected chi connectivity index (χ4v) is 5.43. The van der Waals surface area contributed by atoms with Crippen LogP contribution in [0.4, 0.5) is 5.82 Å². The molecule has 1 N–H and O–H groups in total. The molecule has 1 aromatic carbocycles. The van der Waals surface area contributed by atoms with E-state index in [1.807, 2.05) is 34.5 Å². The van der Waals surface area contributed by atoms with Crippen LogP contribution in [0.25, 0.3) is 10.2 Å². The number of nitrogens with one attached hydrogen (secondary N) is 1. The highest BCUT2D eigenvalue weighted by Crippen LogP contribution is 2.40. The number of benzene rings is 1. The smallest absolute Gasteiger partial charge is 0.228 e. The van der Waals surface area contributed by atoms with Gasteiger partial charge in [0.15, 0.2) is 0 Å². The third kappa shape index (κ3) is 5.47. The molecular weight excluding hydrogens is 452 g/mol. The molecular formula is C24H32N4O3SSi. The van der Waals surface area contributed by atoms with E-state index in [-0.39, 0.29) is 17.9 Å². The van der Waals surface area contributed by atoms with Crippen molar-refractivity contribution in [1.82, 2.24) is 14.8 Å². The van der Waals surface area contributed by atoms with Crippen LogP contribution in [-0.2, 0) is 16.3 Å². The molecule has 33 heavy (non-hydrogen) atoms. The topological polar surface area (TPSA) is 78.3 Å². The number of ether oxygens (including phenoxy) is 2. The van der Waals surface area contributed by atoms with E-state index in [1.165, 1.54) is 12.8 Å². The third-order valence-electron chi connectivity index (χ3n) is 6.34. The number of rotatable bonds is 10. The zero-order valence-corrected chi connectivity index (χ0v) is 21.4. The summed E-state index contributed by atoms with van der Waals surface area (Å²) in [6.45, 7) is 8.13. The normalized spacial score (nSPS) is 20.6. The van der Waals surface area contributed by atoms with Crippen LogP contribution in [0.5, 0.6) is 5.75 Å². The van der Waals surface area contributed by atoms with Gasteiger partial charge in [-0.1, -0.05) is 25.7 Å². The van der Waals surface area contributed by atoms with Crippen LogP contribution < -0.4 is 10.1 Å². The van der Waals surface area contributed by atoms with Crippen molar-refractivity contribution in [1.29, 1.82) is 0 Å². The predicted octanol–water partition coefficient (Wildman–Crippen LogP) is 5.48. The number of hydrogen-bond donors (Lipinski definition) is 1. The van der Waals surface area contributed by atoms with Crippen molar-refractivity contribution in [3.63, 3.8) is 0 Å². The fraction of sp³-hybridized carbons (Fsp3) is 0.542. The second-order valence-corrected chi connectivity index (χ2v) is 16.9. The lowest BCUT2D eigenvalue weighted by Gasteiger charge is -2.34. The lowest BCUT2D eigenvalue weighted by Crippen LogP contribution is -2.41. The van der Waals surface area contributed by atoms with Gasteiger partial charge >= 0.3 is 0 Å². The van der Waals surface area contributed by atoms with Gasteiger partial charge in [-0.05, 0) is 43.9 Å². The maximum atomic E-state index is 12.9. The van der Waals surface area contributed by atoms with Crippen LogP contribution >= 0.6 is 11.3 Å². The van der Waals surface area contributed by atoms with Gasteiger partial charge in [0, 0.05) is 32.6 Å². The zero-order chi connectivity index (χ0) is 23.0. The van der Waals surface area contributed by atoms with E-state index in [2.05, 4.69) is 29.9 Å². The van der Waals surface area contributed by atoms with Crippen LogP contribution in [0.15, 0.2) is 29.8 Å². The minimum atomic E-state index is -1.14. The molecule has 5 rings (SSSR count). The second-order valence-electron chi connectivity index (χ2n) is 10.4. The van der Waals surface area contributed by atoms with Crippen molar-refractivity contribution >= 4 is 41.4 Å². The molecule has 0 spiro atoms. The molecule has 176 valence electrons. The van der Waals surface area contributed by atoms with E-state index in [4.69, 9.17) is 14.6 Å². The van der Waals surface area contributed by atoms with E-state index in [9.17, 15) is 4.79 Å². The molecule has 2 heterocycles. The molecule has 3 aromatic rings. The molecule has 0 radical (unpaired) electrons. The number of aromatic nitrogens is 3. The number of thiazole rings is 1. The van der Waals surface area contributed by atoms with E-state index in [0.29, 0.717) is 25.5 Å². The molecule has 7 nitrogen and oxygen atoms in total. The first-order valence-electron chi connectivity index (χ1n) is 11.8. The Labute approximate surface area is 199 Å². The Morgan fingerprint density at radius 3 is 2.85 bits per heavy atom. The Morgan fingerprint density at radius 1 is 1.27 bits per heavy atom. The predicted molar refractivity (Wildman–Crippen MR) is 134 cm³/mol. The molecule has 2 fully saturated rings. The number of amides is 1. The summed E-state index contributed by atoms with van der Waals surface area (Å²) in [4.78, 5) is 17.3.